The molecular weight excluding hydrogens is 216 g/mol. The number of rotatable bonds is 3. The molecule has 82 valence electrons. The minimum atomic E-state index is -0.974. The summed E-state index contributed by atoms with van der Waals surface area (Å²) in [5, 5.41) is 19.0. The molecular formula is C11H13ClO3. The highest BCUT2D eigenvalue weighted by Gasteiger charge is 2.23. The quantitative estimate of drug-likeness (QED) is 0.836. The van der Waals surface area contributed by atoms with Gasteiger partial charge in [0.2, 0.25) is 0 Å². The van der Waals surface area contributed by atoms with Gasteiger partial charge in [-0.2, -0.15) is 0 Å². The Bertz CT molecular complexity index is 364. The number of phenols is 1. The second kappa shape index (κ2) is 4.53. The van der Waals surface area contributed by atoms with Crippen LogP contribution in [0, 0.1) is 6.92 Å². The van der Waals surface area contributed by atoms with Crippen molar-refractivity contribution in [2.24, 2.45) is 0 Å². The van der Waals surface area contributed by atoms with Crippen LogP contribution in [-0.4, -0.2) is 16.2 Å². The summed E-state index contributed by atoms with van der Waals surface area (Å²) in [6.07, 6.45) is 0.395. The van der Waals surface area contributed by atoms with Gasteiger partial charge >= 0.3 is 5.97 Å². The molecule has 4 heteroatoms. The first kappa shape index (κ1) is 11.9. The first-order valence-electron chi connectivity index (χ1n) is 4.69. The number of aromatic hydroxyl groups is 1. The van der Waals surface area contributed by atoms with E-state index in [0.29, 0.717) is 17.0 Å². The molecule has 3 nitrogen and oxygen atoms in total. The molecule has 1 aromatic carbocycles. The Balaban J connectivity index is 3.29. The van der Waals surface area contributed by atoms with Crippen molar-refractivity contribution >= 4 is 17.6 Å². The smallest absolute Gasteiger partial charge is 0.311 e. The van der Waals surface area contributed by atoms with Crippen LogP contribution in [0.2, 0.25) is 5.02 Å². The number of hydrogen-bond donors (Lipinski definition) is 2. The lowest BCUT2D eigenvalue weighted by molar-refractivity contribution is -0.138. The van der Waals surface area contributed by atoms with Crippen LogP contribution < -0.4 is 0 Å². The third kappa shape index (κ3) is 2.42. The highest BCUT2D eigenvalue weighted by molar-refractivity contribution is 6.32. The lowest BCUT2D eigenvalue weighted by Gasteiger charge is -2.14. The molecule has 0 radical (unpaired) electrons. The normalized spacial score (nSPS) is 12.5. The average Bonchev–Trinajstić information content (AvgIpc) is 2.09. The Morgan fingerprint density at radius 1 is 1.53 bits per heavy atom. The van der Waals surface area contributed by atoms with Gasteiger partial charge in [0.25, 0.3) is 0 Å². The van der Waals surface area contributed by atoms with E-state index in [1.807, 2.05) is 0 Å². The second-order valence-electron chi connectivity index (χ2n) is 3.48. The van der Waals surface area contributed by atoms with Gasteiger partial charge in [-0.1, -0.05) is 18.5 Å². The van der Waals surface area contributed by atoms with E-state index < -0.39 is 11.9 Å². The molecule has 0 aliphatic heterocycles. The van der Waals surface area contributed by atoms with Gasteiger partial charge in [0.15, 0.2) is 0 Å². The van der Waals surface area contributed by atoms with Gasteiger partial charge in [-0.3, -0.25) is 4.79 Å². The Labute approximate surface area is 93.3 Å². The highest BCUT2D eigenvalue weighted by atomic mass is 35.5. The van der Waals surface area contributed by atoms with E-state index in [2.05, 4.69) is 0 Å². The van der Waals surface area contributed by atoms with Crippen molar-refractivity contribution in [1.82, 2.24) is 0 Å². The number of carboxylic acid groups (broad SMARTS) is 1. The fourth-order valence-electron chi connectivity index (χ4n) is 1.58. The molecule has 0 heterocycles. The Morgan fingerprint density at radius 3 is 2.53 bits per heavy atom. The Kier molecular flexibility index (Phi) is 3.58. The summed E-state index contributed by atoms with van der Waals surface area (Å²) in [5.74, 6) is -1.77. The van der Waals surface area contributed by atoms with Crippen LogP contribution in [0.1, 0.15) is 30.4 Å². The number of hydrogen-bond acceptors (Lipinski definition) is 2. The zero-order valence-electron chi connectivity index (χ0n) is 8.62. The van der Waals surface area contributed by atoms with Crippen molar-refractivity contribution in [2.45, 2.75) is 26.2 Å². The predicted octanol–water partition coefficient (Wildman–Crippen LogP) is 2.93. The lowest BCUT2D eigenvalue weighted by Crippen LogP contribution is -2.11. The monoisotopic (exact) mass is 228 g/mol. The van der Waals surface area contributed by atoms with Gasteiger partial charge in [0.05, 0.1) is 5.92 Å². The summed E-state index contributed by atoms with van der Waals surface area (Å²) in [6.45, 7) is 3.53. The molecule has 1 atom stereocenters. The third-order valence-electron chi connectivity index (χ3n) is 2.31. The van der Waals surface area contributed by atoms with E-state index in [1.54, 1.807) is 19.9 Å². The molecule has 15 heavy (non-hydrogen) atoms. The summed E-state index contributed by atoms with van der Waals surface area (Å²) < 4.78 is 0. The molecule has 0 amide bonds. The van der Waals surface area contributed by atoms with Gasteiger partial charge in [-0.25, -0.2) is 0 Å². The fraction of sp³-hybridized carbons (Fsp3) is 0.364. The number of carboxylic acids is 1. The molecule has 0 saturated heterocycles. The first-order valence-corrected chi connectivity index (χ1v) is 5.07. The summed E-state index contributed by atoms with van der Waals surface area (Å²) >= 11 is 5.93. The van der Waals surface area contributed by atoms with Gasteiger partial charge < -0.3 is 10.2 Å². The molecule has 0 aliphatic rings. The van der Waals surface area contributed by atoms with Gasteiger partial charge in [0.1, 0.15) is 5.75 Å². The maximum atomic E-state index is 11.0. The molecule has 0 fully saturated rings. The molecule has 0 aliphatic carbocycles. The second-order valence-corrected chi connectivity index (χ2v) is 3.89. The number of aliphatic carboxylic acids is 1. The van der Waals surface area contributed by atoms with E-state index >= 15 is 0 Å². The van der Waals surface area contributed by atoms with E-state index in [-0.39, 0.29) is 5.75 Å². The average molecular weight is 229 g/mol. The maximum Gasteiger partial charge on any atom is 0.311 e. The van der Waals surface area contributed by atoms with Crippen molar-refractivity contribution < 1.29 is 15.0 Å². The van der Waals surface area contributed by atoms with Crippen LogP contribution >= 0.6 is 11.6 Å². The number of aryl methyl sites for hydroxylation is 1. The molecule has 0 saturated carbocycles. The van der Waals surface area contributed by atoms with Crippen LogP contribution in [0.25, 0.3) is 0 Å². The van der Waals surface area contributed by atoms with Crippen LogP contribution in [-0.2, 0) is 4.79 Å². The summed E-state index contributed by atoms with van der Waals surface area (Å²) in [7, 11) is 0. The van der Waals surface area contributed by atoms with Crippen molar-refractivity contribution in [2.75, 3.05) is 0 Å². The van der Waals surface area contributed by atoms with Crippen LogP contribution in [0.4, 0.5) is 0 Å². The number of phenolic OH excluding ortho intramolecular Hbond substituents is 1. The number of carbonyl (C=O) groups is 1. The minimum Gasteiger partial charge on any atom is -0.508 e. The van der Waals surface area contributed by atoms with Crippen LogP contribution in [0.15, 0.2) is 12.1 Å². The van der Waals surface area contributed by atoms with Crippen molar-refractivity contribution in [1.29, 1.82) is 0 Å². The molecule has 0 bridgehead atoms. The maximum absolute atomic E-state index is 11.0. The highest BCUT2D eigenvalue weighted by Crippen LogP contribution is 2.35. The summed E-state index contributed by atoms with van der Waals surface area (Å²) in [6, 6.07) is 3.18. The summed E-state index contributed by atoms with van der Waals surface area (Å²) in [5.41, 5.74) is 1.11. The Hall–Kier alpha value is -1.22. The van der Waals surface area contributed by atoms with Crippen LogP contribution in [0.3, 0.4) is 0 Å². The molecule has 1 aromatic rings. The number of benzene rings is 1. The van der Waals surface area contributed by atoms with E-state index in [4.69, 9.17) is 16.7 Å². The van der Waals surface area contributed by atoms with Crippen molar-refractivity contribution in [3.63, 3.8) is 0 Å². The number of halogens is 1. The predicted molar refractivity (Wildman–Crippen MR) is 58.5 cm³/mol. The van der Waals surface area contributed by atoms with Gasteiger partial charge in [-0.05, 0) is 31.0 Å². The molecule has 0 spiro atoms. The molecule has 2 N–H and O–H groups in total. The van der Waals surface area contributed by atoms with E-state index in [9.17, 15) is 9.90 Å². The zero-order chi connectivity index (χ0) is 11.6. The fourth-order valence-corrected chi connectivity index (χ4v) is 1.98. The summed E-state index contributed by atoms with van der Waals surface area (Å²) in [4.78, 5) is 11.0. The molecule has 1 unspecified atom stereocenters. The van der Waals surface area contributed by atoms with Gasteiger partial charge in [0, 0.05) is 10.6 Å². The van der Waals surface area contributed by atoms with E-state index in [1.165, 1.54) is 6.07 Å². The van der Waals surface area contributed by atoms with E-state index in [0.717, 1.165) is 5.56 Å². The minimum absolute atomic E-state index is 0.0470. The standard InChI is InChI=1S/C11H13ClO3/c1-3-7(11(14)15)10-8(12)4-6(2)5-9(10)13/h4-5,7,13H,3H2,1-2H3,(H,14,15). The Morgan fingerprint density at radius 2 is 2.13 bits per heavy atom. The van der Waals surface area contributed by atoms with Crippen LogP contribution in [0.5, 0.6) is 5.75 Å². The molecule has 0 aromatic heterocycles. The topological polar surface area (TPSA) is 57.5 Å². The van der Waals surface area contributed by atoms with Crippen molar-refractivity contribution in [3.05, 3.63) is 28.3 Å². The zero-order valence-corrected chi connectivity index (χ0v) is 9.38. The SMILES string of the molecule is CCC(C(=O)O)c1c(O)cc(C)cc1Cl. The van der Waals surface area contributed by atoms with Gasteiger partial charge in [-0.15, -0.1) is 0 Å². The third-order valence-corrected chi connectivity index (χ3v) is 2.62. The first-order chi connectivity index (χ1) is 6.97. The van der Waals surface area contributed by atoms with Crippen molar-refractivity contribution in [3.8, 4) is 5.75 Å². The molecule has 1 rings (SSSR count). The lowest BCUT2D eigenvalue weighted by atomic mass is 9.94. The largest absolute Gasteiger partial charge is 0.508 e.